The fourth-order valence-corrected chi connectivity index (χ4v) is 4.32. The van der Waals surface area contributed by atoms with Crippen molar-refractivity contribution in [1.82, 2.24) is 15.1 Å². The Morgan fingerprint density at radius 1 is 1.43 bits per heavy atom. The van der Waals surface area contributed by atoms with E-state index in [1.54, 1.807) is 17.8 Å². The molecule has 0 bridgehead atoms. The molecule has 7 heteroatoms. The minimum absolute atomic E-state index is 0.0728. The highest BCUT2D eigenvalue weighted by Crippen LogP contribution is 2.43. The summed E-state index contributed by atoms with van der Waals surface area (Å²) >= 11 is 1.71. The first-order valence-electron chi connectivity index (χ1n) is 8.05. The van der Waals surface area contributed by atoms with Gasteiger partial charge in [0.2, 0.25) is 5.91 Å². The average Bonchev–Trinajstić information content (AvgIpc) is 2.84. The molecule has 126 valence electrons. The van der Waals surface area contributed by atoms with Gasteiger partial charge in [-0.2, -0.15) is 0 Å². The number of carbonyl (C=O) groups excluding carboxylic acids is 2. The topological polar surface area (TPSA) is 61.9 Å². The number of amides is 1. The van der Waals surface area contributed by atoms with Crippen LogP contribution in [0.2, 0.25) is 0 Å². The van der Waals surface area contributed by atoms with Gasteiger partial charge in [0.1, 0.15) is 0 Å². The van der Waals surface area contributed by atoms with Crippen LogP contribution in [0, 0.1) is 0 Å². The fraction of sp³-hybridized carbons (Fsp3) is 0.625. The third kappa shape index (κ3) is 4.16. The molecule has 2 aliphatic heterocycles. The molecule has 3 aliphatic rings. The smallest absolute Gasteiger partial charge is 0.234 e. The second kappa shape index (κ2) is 7.51. The van der Waals surface area contributed by atoms with Crippen molar-refractivity contribution < 1.29 is 14.3 Å². The van der Waals surface area contributed by atoms with Crippen LogP contribution in [0.3, 0.4) is 0 Å². The molecule has 0 aromatic heterocycles. The average molecular weight is 337 g/mol. The fourth-order valence-electron chi connectivity index (χ4n) is 2.98. The van der Waals surface area contributed by atoms with Crippen molar-refractivity contribution >= 4 is 23.5 Å². The largest absolute Gasteiger partial charge is 0.379 e. The maximum absolute atomic E-state index is 12.0. The Morgan fingerprint density at radius 3 is 3.00 bits per heavy atom. The van der Waals surface area contributed by atoms with E-state index in [4.69, 9.17) is 4.74 Å². The first kappa shape index (κ1) is 16.5. The lowest BCUT2D eigenvalue weighted by molar-refractivity contribution is -0.123. The first-order valence-corrected chi connectivity index (χ1v) is 8.93. The van der Waals surface area contributed by atoms with Crippen molar-refractivity contribution in [2.24, 2.45) is 0 Å². The molecule has 2 fully saturated rings. The minimum Gasteiger partial charge on any atom is -0.379 e. The van der Waals surface area contributed by atoms with Crippen molar-refractivity contribution in [3.63, 3.8) is 0 Å². The molecule has 0 radical (unpaired) electrons. The van der Waals surface area contributed by atoms with E-state index in [1.807, 2.05) is 6.08 Å². The number of ether oxygens (including phenoxy) is 1. The van der Waals surface area contributed by atoms with Crippen molar-refractivity contribution in [2.45, 2.75) is 18.2 Å². The molecule has 23 heavy (non-hydrogen) atoms. The Hall–Kier alpha value is -1.31. The third-order valence-electron chi connectivity index (χ3n) is 4.30. The molecule has 0 spiro atoms. The number of fused-ring (bicyclic) bond motifs is 1. The summed E-state index contributed by atoms with van der Waals surface area (Å²) in [6.07, 6.45) is 5.10. The normalized spacial score (nSPS) is 25.0. The summed E-state index contributed by atoms with van der Waals surface area (Å²) in [5.74, 6) is 0.243. The number of rotatable bonds is 5. The van der Waals surface area contributed by atoms with Crippen molar-refractivity contribution in [3.05, 3.63) is 22.8 Å². The standard InChI is InChI=1S/C16H23N3O3S/c1-18-13-3-2-12(20)10-14(13)23-16(18)4-5-17-15(21)11-19-6-8-22-9-7-19/h3,10,16H,2,4-9,11H2,1H3,(H,17,21). The van der Waals surface area contributed by atoms with Crippen LogP contribution in [0.5, 0.6) is 0 Å². The van der Waals surface area contributed by atoms with Crippen LogP contribution < -0.4 is 5.32 Å². The maximum atomic E-state index is 12.0. The van der Waals surface area contributed by atoms with Gasteiger partial charge in [0.15, 0.2) is 5.78 Å². The van der Waals surface area contributed by atoms with Crippen molar-refractivity contribution in [2.75, 3.05) is 46.4 Å². The van der Waals surface area contributed by atoms with E-state index in [2.05, 4.69) is 22.2 Å². The molecule has 2 saturated heterocycles. The number of nitrogens with zero attached hydrogens (tertiary/aromatic N) is 2. The second-order valence-corrected chi connectivity index (χ2v) is 7.20. The number of morpholine rings is 1. The van der Waals surface area contributed by atoms with Gasteiger partial charge in [-0.3, -0.25) is 14.5 Å². The van der Waals surface area contributed by atoms with Crippen LogP contribution >= 0.6 is 11.8 Å². The van der Waals surface area contributed by atoms with Crippen molar-refractivity contribution in [3.8, 4) is 0 Å². The molecule has 0 aromatic carbocycles. The van der Waals surface area contributed by atoms with Gasteiger partial charge < -0.3 is 15.0 Å². The lowest BCUT2D eigenvalue weighted by Crippen LogP contribution is -2.43. The summed E-state index contributed by atoms with van der Waals surface area (Å²) in [4.78, 5) is 28.9. The number of likely N-dealkylation sites (N-methyl/N-ethyl adjacent to an activating group) is 1. The van der Waals surface area contributed by atoms with Gasteiger partial charge in [-0.05, 0) is 12.5 Å². The van der Waals surface area contributed by atoms with E-state index in [9.17, 15) is 9.59 Å². The SMILES string of the molecule is CN1C2=CCC(=O)C=C2SC1CCNC(=O)CN1CCOCC1. The van der Waals surface area contributed by atoms with E-state index in [1.165, 1.54) is 0 Å². The van der Waals surface area contributed by atoms with Gasteiger partial charge in [-0.1, -0.05) is 17.8 Å². The molecule has 1 amide bonds. The van der Waals surface area contributed by atoms with E-state index >= 15 is 0 Å². The van der Waals surface area contributed by atoms with Gasteiger partial charge in [0, 0.05) is 43.7 Å². The van der Waals surface area contributed by atoms with Crippen LogP contribution in [0.15, 0.2) is 22.8 Å². The molecule has 0 aromatic rings. The summed E-state index contributed by atoms with van der Waals surface area (Å²) in [7, 11) is 2.05. The van der Waals surface area contributed by atoms with Gasteiger partial charge in [-0.25, -0.2) is 0 Å². The monoisotopic (exact) mass is 337 g/mol. The second-order valence-electron chi connectivity index (χ2n) is 5.98. The lowest BCUT2D eigenvalue weighted by Gasteiger charge is -2.26. The van der Waals surface area contributed by atoms with Crippen LogP contribution in [0.1, 0.15) is 12.8 Å². The number of nitrogens with one attached hydrogen (secondary N) is 1. The zero-order valence-electron chi connectivity index (χ0n) is 13.4. The zero-order valence-corrected chi connectivity index (χ0v) is 14.2. The molecular formula is C16H23N3O3S. The van der Waals surface area contributed by atoms with Crippen LogP contribution in [0.4, 0.5) is 0 Å². The van der Waals surface area contributed by atoms with Crippen LogP contribution in [-0.4, -0.2) is 73.3 Å². The molecular weight excluding hydrogens is 314 g/mol. The van der Waals surface area contributed by atoms with Gasteiger partial charge in [0.05, 0.1) is 25.1 Å². The number of allylic oxidation sites excluding steroid dienone is 2. The predicted octanol–water partition coefficient (Wildman–Crippen LogP) is 0.570. The Kier molecular flexibility index (Phi) is 5.40. The number of ketones is 1. The number of hydrogen-bond donors (Lipinski definition) is 1. The zero-order chi connectivity index (χ0) is 16.2. The summed E-state index contributed by atoms with van der Waals surface area (Å²) < 4.78 is 5.28. The highest BCUT2D eigenvalue weighted by atomic mass is 32.2. The summed E-state index contributed by atoms with van der Waals surface area (Å²) in [5, 5.41) is 3.28. The highest BCUT2D eigenvalue weighted by Gasteiger charge is 2.31. The summed E-state index contributed by atoms with van der Waals surface area (Å²) in [6, 6.07) is 0. The maximum Gasteiger partial charge on any atom is 0.234 e. The molecule has 1 aliphatic carbocycles. The number of hydrogen-bond acceptors (Lipinski definition) is 6. The molecule has 6 nitrogen and oxygen atoms in total. The Balaban J connectivity index is 1.41. The number of carbonyl (C=O) groups is 2. The quantitative estimate of drug-likeness (QED) is 0.791. The Morgan fingerprint density at radius 2 is 2.22 bits per heavy atom. The highest BCUT2D eigenvalue weighted by molar-refractivity contribution is 8.04. The van der Waals surface area contributed by atoms with Gasteiger partial charge in [0.25, 0.3) is 0 Å². The van der Waals surface area contributed by atoms with E-state index in [-0.39, 0.29) is 17.1 Å². The molecule has 1 unspecified atom stereocenters. The predicted molar refractivity (Wildman–Crippen MR) is 89.8 cm³/mol. The van der Waals surface area contributed by atoms with Crippen LogP contribution in [0.25, 0.3) is 0 Å². The lowest BCUT2D eigenvalue weighted by atomic mass is 10.1. The summed E-state index contributed by atoms with van der Waals surface area (Å²) in [6.45, 7) is 4.16. The Labute approximate surface area is 140 Å². The first-order chi connectivity index (χ1) is 11.1. The Bertz CT molecular complexity index is 541. The van der Waals surface area contributed by atoms with E-state index in [0.717, 1.165) is 30.1 Å². The molecule has 0 saturated carbocycles. The molecule has 1 N–H and O–H groups in total. The molecule has 3 rings (SSSR count). The van der Waals surface area contributed by atoms with Crippen LogP contribution in [-0.2, 0) is 14.3 Å². The van der Waals surface area contributed by atoms with Crippen molar-refractivity contribution in [1.29, 1.82) is 0 Å². The third-order valence-corrected chi connectivity index (χ3v) is 5.71. The summed E-state index contributed by atoms with van der Waals surface area (Å²) in [5.41, 5.74) is 1.15. The van der Waals surface area contributed by atoms with E-state index < -0.39 is 0 Å². The minimum atomic E-state index is 0.0728. The van der Waals surface area contributed by atoms with Gasteiger partial charge in [-0.15, -0.1) is 0 Å². The molecule has 1 atom stereocenters. The van der Waals surface area contributed by atoms with Gasteiger partial charge >= 0.3 is 0 Å². The van der Waals surface area contributed by atoms with E-state index in [0.29, 0.717) is 32.7 Å². The number of thioether (sulfide) groups is 1. The molecule has 2 heterocycles.